The lowest BCUT2D eigenvalue weighted by molar-refractivity contribution is 0.0677. The van der Waals surface area contributed by atoms with Gasteiger partial charge in [-0.15, -0.1) is 0 Å². The van der Waals surface area contributed by atoms with E-state index in [2.05, 4.69) is 22.2 Å². The molecule has 2 aliphatic heterocycles. The number of hydrogen-bond acceptors (Lipinski definition) is 3. The molecule has 3 nitrogen and oxygen atoms in total. The van der Waals surface area contributed by atoms with E-state index in [4.69, 9.17) is 0 Å². The summed E-state index contributed by atoms with van der Waals surface area (Å²) in [5, 5.41) is 3.47. The van der Waals surface area contributed by atoms with Crippen molar-refractivity contribution in [2.24, 2.45) is 5.41 Å². The first-order valence-electron chi connectivity index (χ1n) is 9.42. The van der Waals surface area contributed by atoms with Gasteiger partial charge in [0.25, 0.3) is 0 Å². The molecule has 0 spiro atoms. The molecule has 1 aliphatic carbocycles. The smallest absolute Gasteiger partial charge is 0.0120 e. The van der Waals surface area contributed by atoms with E-state index < -0.39 is 0 Å². The summed E-state index contributed by atoms with van der Waals surface area (Å²) in [6, 6.07) is 0.894. The Hall–Kier alpha value is -0.120. The summed E-state index contributed by atoms with van der Waals surface area (Å²) in [7, 11) is 2.13. The van der Waals surface area contributed by atoms with Gasteiger partial charge < -0.3 is 15.1 Å². The summed E-state index contributed by atoms with van der Waals surface area (Å²) >= 11 is 0. The first kappa shape index (κ1) is 15.8. The largest absolute Gasteiger partial charge is 0.319 e. The van der Waals surface area contributed by atoms with Gasteiger partial charge in [0.05, 0.1) is 0 Å². The molecular weight excluding hydrogens is 258 g/mol. The molecule has 0 aromatic rings. The third-order valence-corrected chi connectivity index (χ3v) is 6.24. The Morgan fingerprint density at radius 1 is 0.905 bits per heavy atom. The predicted octanol–water partition coefficient (Wildman–Crippen LogP) is 2.72. The number of piperidine rings is 2. The Morgan fingerprint density at radius 2 is 1.57 bits per heavy atom. The molecule has 0 aromatic heterocycles. The van der Waals surface area contributed by atoms with Crippen LogP contribution >= 0.6 is 0 Å². The van der Waals surface area contributed by atoms with Crippen molar-refractivity contribution in [1.82, 2.24) is 15.1 Å². The predicted molar refractivity (Wildman–Crippen MR) is 89.7 cm³/mol. The quantitative estimate of drug-likeness (QED) is 0.841. The highest BCUT2D eigenvalue weighted by Crippen LogP contribution is 2.38. The number of likely N-dealkylation sites (tertiary alicyclic amines) is 2. The van der Waals surface area contributed by atoms with Gasteiger partial charge >= 0.3 is 0 Å². The van der Waals surface area contributed by atoms with Crippen LogP contribution in [-0.4, -0.2) is 62.2 Å². The van der Waals surface area contributed by atoms with Crippen molar-refractivity contribution in [3.8, 4) is 0 Å². The number of hydrogen-bond donors (Lipinski definition) is 1. The second kappa shape index (κ2) is 7.43. The zero-order valence-corrected chi connectivity index (χ0v) is 14.1. The molecule has 2 heterocycles. The summed E-state index contributed by atoms with van der Waals surface area (Å²) in [6.45, 7) is 7.99. The monoisotopic (exact) mass is 293 g/mol. The Labute approximate surface area is 131 Å². The van der Waals surface area contributed by atoms with Gasteiger partial charge in [0.2, 0.25) is 0 Å². The Balaban J connectivity index is 1.46. The first-order chi connectivity index (χ1) is 10.3. The van der Waals surface area contributed by atoms with Crippen LogP contribution in [0.2, 0.25) is 0 Å². The van der Waals surface area contributed by atoms with Crippen LogP contribution in [0.25, 0.3) is 0 Å². The lowest BCUT2D eigenvalue weighted by atomic mass is 9.84. The van der Waals surface area contributed by atoms with E-state index in [1.54, 1.807) is 0 Å². The fraction of sp³-hybridized carbons (Fsp3) is 1.00. The van der Waals surface area contributed by atoms with Gasteiger partial charge in [-0.2, -0.15) is 0 Å². The van der Waals surface area contributed by atoms with E-state index >= 15 is 0 Å². The van der Waals surface area contributed by atoms with Crippen molar-refractivity contribution in [2.75, 3.05) is 46.3 Å². The van der Waals surface area contributed by atoms with Crippen molar-refractivity contribution in [3.05, 3.63) is 0 Å². The number of nitrogens with zero attached hydrogens (tertiary/aromatic N) is 2. The van der Waals surface area contributed by atoms with Crippen LogP contribution in [0.1, 0.15) is 57.8 Å². The third-order valence-electron chi connectivity index (χ3n) is 6.24. The molecule has 3 fully saturated rings. The molecule has 1 saturated carbocycles. The fourth-order valence-corrected chi connectivity index (χ4v) is 5.09. The molecule has 0 bridgehead atoms. The van der Waals surface area contributed by atoms with Crippen LogP contribution < -0.4 is 5.32 Å². The highest BCUT2D eigenvalue weighted by Gasteiger charge is 2.36. The molecule has 0 unspecified atom stereocenters. The van der Waals surface area contributed by atoms with Gasteiger partial charge in [0.15, 0.2) is 0 Å². The molecule has 2 saturated heterocycles. The maximum absolute atomic E-state index is 3.47. The minimum Gasteiger partial charge on any atom is -0.319 e. The summed E-state index contributed by atoms with van der Waals surface area (Å²) in [5.74, 6) is 0. The van der Waals surface area contributed by atoms with Crippen molar-refractivity contribution < 1.29 is 0 Å². The van der Waals surface area contributed by atoms with Crippen LogP contribution in [0.4, 0.5) is 0 Å². The number of nitrogens with one attached hydrogen (secondary N) is 1. The third kappa shape index (κ3) is 4.00. The van der Waals surface area contributed by atoms with Gasteiger partial charge in [-0.1, -0.05) is 19.3 Å². The lowest BCUT2D eigenvalue weighted by Gasteiger charge is -2.43. The fourth-order valence-electron chi connectivity index (χ4n) is 5.09. The lowest BCUT2D eigenvalue weighted by Crippen LogP contribution is -2.50. The molecule has 3 aliphatic rings. The van der Waals surface area contributed by atoms with Crippen LogP contribution in [0, 0.1) is 5.41 Å². The summed E-state index contributed by atoms with van der Waals surface area (Å²) < 4.78 is 0. The number of rotatable bonds is 5. The molecule has 0 amide bonds. The van der Waals surface area contributed by atoms with E-state index in [0.717, 1.165) is 6.04 Å². The van der Waals surface area contributed by atoms with Crippen molar-refractivity contribution in [1.29, 1.82) is 0 Å². The van der Waals surface area contributed by atoms with Gasteiger partial charge in [0.1, 0.15) is 0 Å². The second-order valence-corrected chi connectivity index (χ2v) is 7.84. The molecule has 3 rings (SSSR count). The average Bonchev–Trinajstić information content (AvgIpc) is 2.98. The highest BCUT2D eigenvalue weighted by atomic mass is 15.2. The molecule has 1 N–H and O–H groups in total. The summed E-state index contributed by atoms with van der Waals surface area (Å²) in [4.78, 5) is 5.57. The minimum atomic E-state index is 0.590. The van der Waals surface area contributed by atoms with Crippen LogP contribution in [0.15, 0.2) is 0 Å². The van der Waals surface area contributed by atoms with Crippen molar-refractivity contribution in [2.45, 2.75) is 63.8 Å². The van der Waals surface area contributed by atoms with E-state index in [0.29, 0.717) is 5.41 Å². The van der Waals surface area contributed by atoms with Crippen LogP contribution in [-0.2, 0) is 0 Å². The SMILES string of the molecule is CNCC1(CN2CCC(N3CCCCC3)CC2)CCCC1. The van der Waals surface area contributed by atoms with E-state index in [1.165, 1.54) is 97.1 Å². The summed E-state index contributed by atoms with van der Waals surface area (Å²) in [5.41, 5.74) is 0.590. The van der Waals surface area contributed by atoms with Gasteiger partial charge in [-0.05, 0) is 77.2 Å². The zero-order chi connectivity index (χ0) is 14.5. The Kier molecular flexibility index (Phi) is 5.58. The molecule has 0 aromatic carbocycles. The molecular formula is C18H35N3. The Bertz CT molecular complexity index is 298. The van der Waals surface area contributed by atoms with Crippen molar-refractivity contribution in [3.63, 3.8) is 0 Å². The highest BCUT2D eigenvalue weighted by molar-refractivity contribution is 4.91. The van der Waals surface area contributed by atoms with Gasteiger partial charge in [-0.3, -0.25) is 0 Å². The normalized spacial score (nSPS) is 29.0. The maximum Gasteiger partial charge on any atom is 0.0120 e. The van der Waals surface area contributed by atoms with Gasteiger partial charge in [-0.25, -0.2) is 0 Å². The Morgan fingerprint density at radius 3 is 2.19 bits per heavy atom. The maximum atomic E-state index is 3.47. The van der Waals surface area contributed by atoms with E-state index in [9.17, 15) is 0 Å². The standard InChI is InChI=1S/C18H35N3/c1-19-15-18(9-3-4-10-18)16-20-13-7-17(8-14-20)21-11-5-2-6-12-21/h17,19H,2-16H2,1H3. The molecule has 0 atom stereocenters. The first-order valence-corrected chi connectivity index (χ1v) is 9.42. The van der Waals surface area contributed by atoms with E-state index in [1.807, 2.05) is 0 Å². The molecule has 0 radical (unpaired) electrons. The molecule has 3 heteroatoms. The molecule has 122 valence electrons. The zero-order valence-electron chi connectivity index (χ0n) is 14.1. The summed E-state index contributed by atoms with van der Waals surface area (Å²) in [6.07, 6.45) is 12.9. The van der Waals surface area contributed by atoms with E-state index in [-0.39, 0.29) is 0 Å². The average molecular weight is 293 g/mol. The van der Waals surface area contributed by atoms with Crippen LogP contribution in [0.5, 0.6) is 0 Å². The van der Waals surface area contributed by atoms with Crippen LogP contribution in [0.3, 0.4) is 0 Å². The topological polar surface area (TPSA) is 18.5 Å². The second-order valence-electron chi connectivity index (χ2n) is 7.84. The van der Waals surface area contributed by atoms with Gasteiger partial charge in [0, 0.05) is 19.1 Å². The van der Waals surface area contributed by atoms with Crippen molar-refractivity contribution >= 4 is 0 Å². The minimum absolute atomic E-state index is 0.590. The molecule has 21 heavy (non-hydrogen) atoms.